The zero-order valence-electron chi connectivity index (χ0n) is 8.61. The van der Waals surface area contributed by atoms with E-state index in [-0.39, 0.29) is 0 Å². The van der Waals surface area contributed by atoms with Crippen LogP contribution < -0.4 is 10.6 Å². The molecule has 1 fully saturated rings. The monoisotopic (exact) mass is 189 g/mol. The van der Waals surface area contributed by atoms with E-state index in [9.17, 15) is 0 Å². The molecule has 0 aliphatic carbocycles. The topological polar surface area (TPSA) is 26.1 Å². The van der Waals surface area contributed by atoms with Crippen molar-refractivity contribution in [2.45, 2.75) is 5.92 Å². The molecule has 0 spiro atoms. The van der Waals surface area contributed by atoms with Gasteiger partial charge in [-0.05, 0) is 25.1 Å². The van der Waals surface area contributed by atoms with Gasteiger partial charge < -0.3 is 5.32 Å². The molecule has 1 saturated heterocycles. The Morgan fingerprint density at radius 3 is 2.79 bits per heavy atom. The quantitative estimate of drug-likeness (QED) is 0.760. The lowest BCUT2D eigenvalue weighted by Gasteiger charge is -2.17. The molecule has 2 rings (SSSR count). The van der Waals surface area contributed by atoms with Crippen molar-refractivity contribution in [1.29, 1.82) is 0 Å². The Morgan fingerprint density at radius 2 is 2.07 bits per heavy atom. The molecule has 0 bridgehead atoms. The van der Waals surface area contributed by atoms with Crippen LogP contribution in [0.15, 0.2) is 30.3 Å². The van der Waals surface area contributed by atoms with Crippen LogP contribution in [0.1, 0.15) is 11.5 Å². The maximum atomic E-state index is 4.50. The van der Waals surface area contributed by atoms with Crippen molar-refractivity contribution in [2.24, 2.45) is 5.92 Å². The Labute approximate surface area is 85.7 Å². The number of benzene rings is 1. The smallest absolute Gasteiger partial charge is 0.0206 e. The molecule has 1 aromatic carbocycles. The largest absolute Gasteiger partial charge is 0.319 e. The summed E-state index contributed by atoms with van der Waals surface area (Å²) in [7, 11) is 2.01. The molecule has 14 heavy (non-hydrogen) atoms. The fraction of sp³-hybridized carbons (Fsp3) is 0.500. The number of hydrogen-bond acceptors (Lipinski definition) is 1. The van der Waals surface area contributed by atoms with Gasteiger partial charge in [0.15, 0.2) is 0 Å². The van der Waals surface area contributed by atoms with Crippen LogP contribution >= 0.6 is 0 Å². The molecule has 1 radical (unpaired) electrons. The molecular weight excluding hydrogens is 172 g/mol. The van der Waals surface area contributed by atoms with Crippen LogP contribution in [0.25, 0.3) is 0 Å². The first-order valence-electron chi connectivity index (χ1n) is 5.24. The van der Waals surface area contributed by atoms with E-state index in [1.807, 2.05) is 7.05 Å². The highest BCUT2D eigenvalue weighted by atomic mass is 14.9. The molecule has 1 N–H and O–H groups in total. The minimum Gasteiger partial charge on any atom is -0.319 e. The second-order valence-corrected chi connectivity index (χ2v) is 3.92. The van der Waals surface area contributed by atoms with Crippen LogP contribution in [0.2, 0.25) is 0 Å². The van der Waals surface area contributed by atoms with Crippen molar-refractivity contribution < 1.29 is 0 Å². The zero-order valence-corrected chi connectivity index (χ0v) is 8.61. The summed E-state index contributed by atoms with van der Waals surface area (Å²) in [6.07, 6.45) is 0. The summed E-state index contributed by atoms with van der Waals surface area (Å²) >= 11 is 0. The Kier molecular flexibility index (Phi) is 3.17. The lowest BCUT2D eigenvalue weighted by Crippen LogP contribution is -2.23. The third-order valence-electron chi connectivity index (χ3n) is 2.95. The number of rotatable bonds is 3. The summed E-state index contributed by atoms with van der Waals surface area (Å²) in [6.45, 7) is 3.08. The number of nitrogens with one attached hydrogen (secondary N) is 1. The van der Waals surface area contributed by atoms with E-state index in [4.69, 9.17) is 0 Å². The zero-order chi connectivity index (χ0) is 9.80. The van der Waals surface area contributed by atoms with Crippen LogP contribution in [0.4, 0.5) is 0 Å². The molecule has 1 aliphatic heterocycles. The molecule has 2 nitrogen and oxygen atoms in total. The standard InChI is InChI=1S/C12H17N2/c1-13-7-11-8-14-9-12(11)10-5-3-2-4-6-10/h2-6,11-13H,7-9H2,1H3. The van der Waals surface area contributed by atoms with E-state index in [2.05, 4.69) is 41.0 Å². The van der Waals surface area contributed by atoms with Gasteiger partial charge >= 0.3 is 0 Å². The molecule has 1 heterocycles. The van der Waals surface area contributed by atoms with Gasteiger partial charge in [-0.25, -0.2) is 5.32 Å². The fourth-order valence-electron chi connectivity index (χ4n) is 2.20. The van der Waals surface area contributed by atoms with Crippen molar-refractivity contribution in [3.8, 4) is 0 Å². The Bertz CT molecular complexity index is 271. The van der Waals surface area contributed by atoms with E-state index in [1.54, 1.807) is 0 Å². The predicted octanol–water partition coefficient (Wildman–Crippen LogP) is 1.22. The highest BCUT2D eigenvalue weighted by Crippen LogP contribution is 2.27. The highest BCUT2D eigenvalue weighted by Gasteiger charge is 2.28. The van der Waals surface area contributed by atoms with E-state index >= 15 is 0 Å². The molecule has 75 valence electrons. The SMILES string of the molecule is CNCC1C[N]CC1c1ccccc1. The predicted molar refractivity (Wildman–Crippen MR) is 58.5 cm³/mol. The third kappa shape index (κ3) is 1.97. The second-order valence-electron chi connectivity index (χ2n) is 3.92. The average molecular weight is 189 g/mol. The molecule has 0 amide bonds. The van der Waals surface area contributed by atoms with Crippen LogP contribution in [0.5, 0.6) is 0 Å². The van der Waals surface area contributed by atoms with Gasteiger partial charge in [0.05, 0.1) is 0 Å². The molecule has 1 aliphatic rings. The average Bonchev–Trinajstić information content (AvgIpc) is 2.68. The maximum Gasteiger partial charge on any atom is 0.0206 e. The van der Waals surface area contributed by atoms with Crippen molar-refractivity contribution in [3.05, 3.63) is 35.9 Å². The third-order valence-corrected chi connectivity index (χ3v) is 2.95. The Balaban J connectivity index is 2.10. The maximum absolute atomic E-state index is 4.50. The van der Waals surface area contributed by atoms with Gasteiger partial charge in [-0.1, -0.05) is 30.3 Å². The first-order chi connectivity index (χ1) is 6.92. The van der Waals surface area contributed by atoms with Gasteiger partial charge in [0.1, 0.15) is 0 Å². The first kappa shape index (κ1) is 9.69. The van der Waals surface area contributed by atoms with E-state index in [1.165, 1.54) is 5.56 Å². The number of nitrogens with zero attached hydrogens (tertiary/aromatic N) is 1. The van der Waals surface area contributed by atoms with Crippen molar-refractivity contribution >= 4 is 0 Å². The van der Waals surface area contributed by atoms with Gasteiger partial charge in [0.25, 0.3) is 0 Å². The highest BCUT2D eigenvalue weighted by molar-refractivity contribution is 5.22. The lowest BCUT2D eigenvalue weighted by molar-refractivity contribution is 0.492. The van der Waals surface area contributed by atoms with Gasteiger partial charge in [-0.3, -0.25) is 0 Å². The molecule has 2 unspecified atom stereocenters. The minimum atomic E-state index is 0.628. The summed E-state index contributed by atoms with van der Waals surface area (Å²) in [4.78, 5) is 0. The summed E-state index contributed by atoms with van der Waals surface area (Å²) in [6, 6.07) is 10.7. The number of hydrogen-bond donors (Lipinski definition) is 1. The molecule has 0 aromatic heterocycles. The molecule has 0 saturated carbocycles. The van der Waals surface area contributed by atoms with E-state index < -0.39 is 0 Å². The van der Waals surface area contributed by atoms with Gasteiger partial charge in [-0.15, -0.1) is 0 Å². The van der Waals surface area contributed by atoms with Crippen molar-refractivity contribution in [3.63, 3.8) is 0 Å². The molecule has 2 atom stereocenters. The molecular formula is C12H17N2. The van der Waals surface area contributed by atoms with Gasteiger partial charge in [0, 0.05) is 19.0 Å². The normalized spacial score (nSPS) is 26.6. The van der Waals surface area contributed by atoms with E-state index in [0.717, 1.165) is 19.6 Å². The van der Waals surface area contributed by atoms with Crippen LogP contribution in [-0.4, -0.2) is 26.7 Å². The molecule has 1 aromatic rings. The first-order valence-corrected chi connectivity index (χ1v) is 5.24. The van der Waals surface area contributed by atoms with Crippen LogP contribution in [0, 0.1) is 5.92 Å². The Hall–Kier alpha value is -0.860. The van der Waals surface area contributed by atoms with Crippen LogP contribution in [0.3, 0.4) is 0 Å². The van der Waals surface area contributed by atoms with Crippen molar-refractivity contribution in [2.75, 3.05) is 26.7 Å². The van der Waals surface area contributed by atoms with Crippen LogP contribution in [-0.2, 0) is 0 Å². The van der Waals surface area contributed by atoms with Crippen molar-refractivity contribution in [1.82, 2.24) is 10.6 Å². The van der Waals surface area contributed by atoms with Gasteiger partial charge in [-0.2, -0.15) is 0 Å². The summed E-state index contributed by atoms with van der Waals surface area (Å²) < 4.78 is 0. The lowest BCUT2D eigenvalue weighted by atomic mass is 9.89. The van der Waals surface area contributed by atoms with Gasteiger partial charge in [0.2, 0.25) is 0 Å². The summed E-state index contributed by atoms with van der Waals surface area (Å²) in [5.74, 6) is 1.31. The fourth-order valence-corrected chi connectivity index (χ4v) is 2.20. The second kappa shape index (κ2) is 4.58. The summed E-state index contributed by atoms with van der Waals surface area (Å²) in [5.41, 5.74) is 1.44. The summed E-state index contributed by atoms with van der Waals surface area (Å²) in [5, 5.41) is 7.75. The minimum absolute atomic E-state index is 0.628. The Morgan fingerprint density at radius 1 is 1.29 bits per heavy atom. The van der Waals surface area contributed by atoms with E-state index in [0.29, 0.717) is 11.8 Å². The molecule has 2 heteroatoms.